The van der Waals surface area contributed by atoms with Crippen LogP contribution in [0.1, 0.15) is 83.5 Å². The predicted octanol–water partition coefficient (Wildman–Crippen LogP) is -0.529. The molecule has 5 N–H and O–H groups in total. The molecule has 0 aromatic rings. The number of nitrogens with zero attached hydrogens (tertiary/aromatic N) is 2. The number of likely N-dealkylation sites (tertiary alicyclic amines) is 2. The van der Waals surface area contributed by atoms with Gasteiger partial charge in [-0.05, 0) is 38.6 Å². The third-order valence-corrected chi connectivity index (χ3v) is 6.76. The molecule has 2 aliphatic heterocycles. The summed E-state index contributed by atoms with van der Waals surface area (Å²) in [7, 11) is 0. The van der Waals surface area contributed by atoms with E-state index >= 15 is 0 Å². The molecule has 0 saturated carbocycles. The molecule has 39 heavy (non-hydrogen) atoms. The minimum absolute atomic E-state index is 0.0142. The molecule has 2 saturated heterocycles. The van der Waals surface area contributed by atoms with Crippen LogP contribution in [-0.2, 0) is 33.6 Å². The van der Waals surface area contributed by atoms with E-state index < -0.39 is 11.9 Å². The van der Waals surface area contributed by atoms with Gasteiger partial charge in [0.25, 0.3) is 0 Å². The second kappa shape index (κ2) is 17.3. The zero-order chi connectivity index (χ0) is 28.6. The quantitative estimate of drug-likeness (QED) is 0.122. The minimum atomic E-state index is -0.783. The predicted molar refractivity (Wildman–Crippen MR) is 140 cm³/mol. The summed E-state index contributed by atoms with van der Waals surface area (Å²) in [4.78, 5) is 86.3. The minimum Gasteiger partial charge on any atom is -0.356 e. The Morgan fingerprint density at radius 3 is 1.72 bits per heavy atom. The van der Waals surface area contributed by atoms with Gasteiger partial charge in [-0.2, -0.15) is 0 Å². The number of hydrogen-bond donors (Lipinski definition) is 4. The second-order valence-electron chi connectivity index (χ2n) is 9.84. The number of carbonyl (C=O) groups is 7. The lowest BCUT2D eigenvalue weighted by Crippen LogP contribution is -2.47. The maximum Gasteiger partial charge on any atom is 0.242 e. The molecule has 0 radical (unpaired) electrons. The highest BCUT2D eigenvalue weighted by Crippen LogP contribution is 2.13. The van der Waals surface area contributed by atoms with E-state index in [1.54, 1.807) is 0 Å². The van der Waals surface area contributed by atoms with Crippen LogP contribution in [0.4, 0.5) is 0 Å². The van der Waals surface area contributed by atoms with Crippen LogP contribution in [0.3, 0.4) is 0 Å². The van der Waals surface area contributed by atoms with Gasteiger partial charge in [-0.15, -0.1) is 0 Å². The molecule has 13 nitrogen and oxygen atoms in total. The first-order valence-electron chi connectivity index (χ1n) is 13.9. The van der Waals surface area contributed by atoms with Crippen molar-refractivity contribution >= 4 is 41.4 Å². The van der Waals surface area contributed by atoms with Gasteiger partial charge in [-0.25, -0.2) is 0 Å². The molecular weight excluding hydrogens is 508 g/mol. The molecule has 1 unspecified atom stereocenters. The summed E-state index contributed by atoms with van der Waals surface area (Å²) in [6.07, 6.45) is 5.73. The third-order valence-electron chi connectivity index (χ3n) is 6.76. The Balaban J connectivity index is 1.73. The molecule has 7 amide bonds. The summed E-state index contributed by atoms with van der Waals surface area (Å²) in [5.41, 5.74) is 5.49. The smallest absolute Gasteiger partial charge is 0.242 e. The molecule has 1 atom stereocenters. The highest BCUT2D eigenvalue weighted by atomic mass is 16.2. The third kappa shape index (κ3) is 11.5. The monoisotopic (exact) mass is 550 g/mol. The molecule has 2 aliphatic rings. The van der Waals surface area contributed by atoms with Crippen molar-refractivity contribution in [2.24, 2.45) is 5.73 Å². The fourth-order valence-corrected chi connectivity index (χ4v) is 4.45. The molecule has 0 aromatic carbocycles. The van der Waals surface area contributed by atoms with Crippen molar-refractivity contribution in [1.29, 1.82) is 0 Å². The molecule has 2 heterocycles. The summed E-state index contributed by atoms with van der Waals surface area (Å²) >= 11 is 0. The van der Waals surface area contributed by atoms with E-state index in [9.17, 15) is 33.6 Å². The molecule has 0 spiro atoms. The van der Waals surface area contributed by atoms with Gasteiger partial charge in [0, 0.05) is 64.7 Å². The lowest BCUT2D eigenvalue weighted by atomic mass is 10.1. The Morgan fingerprint density at radius 2 is 1.15 bits per heavy atom. The maximum absolute atomic E-state index is 12.8. The summed E-state index contributed by atoms with van der Waals surface area (Å²) in [5.74, 6) is -2.10. The number of nitrogens with one attached hydrogen (secondary N) is 3. The van der Waals surface area contributed by atoms with Gasteiger partial charge in [0.15, 0.2) is 0 Å². The van der Waals surface area contributed by atoms with E-state index in [4.69, 9.17) is 5.73 Å². The highest BCUT2D eigenvalue weighted by Gasteiger charge is 2.30. The maximum atomic E-state index is 12.8. The standard InChI is InChI=1S/C26H42N6O7/c27-14-4-1-2-5-16-29-26(39)19(30-21(34)13-18-32-24(37)10-11-25(32)38)7-3-6-15-28-20(33)12-17-31-22(35)8-9-23(31)36/h19H,1-18,27H2,(H,28,33)(H,29,39)(H,30,34). The average molecular weight is 551 g/mol. The highest BCUT2D eigenvalue weighted by molar-refractivity contribution is 6.02. The molecular formula is C26H42N6O7. The lowest BCUT2D eigenvalue weighted by molar-refractivity contribution is -0.140. The molecule has 0 aliphatic carbocycles. The zero-order valence-electron chi connectivity index (χ0n) is 22.6. The zero-order valence-corrected chi connectivity index (χ0v) is 22.6. The van der Waals surface area contributed by atoms with Crippen LogP contribution >= 0.6 is 0 Å². The van der Waals surface area contributed by atoms with Crippen LogP contribution in [0.15, 0.2) is 0 Å². The van der Waals surface area contributed by atoms with E-state index in [2.05, 4.69) is 16.0 Å². The number of nitrogens with two attached hydrogens (primary N) is 1. The Hall–Kier alpha value is -3.35. The molecule has 218 valence electrons. The Bertz CT molecular complexity index is 877. The largest absolute Gasteiger partial charge is 0.356 e. The van der Waals surface area contributed by atoms with Crippen molar-refractivity contribution in [2.45, 2.75) is 89.5 Å². The Morgan fingerprint density at radius 1 is 0.667 bits per heavy atom. The van der Waals surface area contributed by atoms with Gasteiger partial charge in [0.2, 0.25) is 41.4 Å². The second-order valence-corrected chi connectivity index (χ2v) is 9.84. The van der Waals surface area contributed by atoms with Gasteiger partial charge in [-0.1, -0.05) is 12.8 Å². The van der Waals surface area contributed by atoms with Crippen molar-refractivity contribution in [3.8, 4) is 0 Å². The van der Waals surface area contributed by atoms with Crippen LogP contribution in [0.5, 0.6) is 0 Å². The van der Waals surface area contributed by atoms with Gasteiger partial charge in [-0.3, -0.25) is 43.4 Å². The first-order valence-corrected chi connectivity index (χ1v) is 13.9. The Kier molecular flexibility index (Phi) is 14.1. The molecule has 2 fully saturated rings. The molecule has 0 bridgehead atoms. The van der Waals surface area contributed by atoms with Crippen molar-refractivity contribution in [3.05, 3.63) is 0 Å². The van der Waals surface area contributed by atoms with Crippen molar-refractivity contribution < 1.29 is 33.6 Å². The molecule has 0 aromatic heterocycles. The first kappa shape index (κ1) is 31.9. The number of hydrogen-bond acceptors (Lipinski definition) is 8. The summed E-state index contributed by atoms with van der Waals surface area (Å²) in [6.45, 7) is 1.51. The van der Waals surface area contributed by atoms with Crippen molar-refractivity contribution in [3.63, 3.8) is 0 Å². The number of unbranched alkanes of at least 4 members (excludes halogenated alkanes) is 4. The lowest BCUT2D eigenvalue weighted by Gasteiger charge is -2.20. The van der Waals surface area contributed by atoms with Crippen molar-refractivity contribution in [1.82, 2.24) is 25.8 Å². The van der Waals surface area contributed by atoms with E-state index in [0.29, 0.717) is 38.9 Å². The average Bonchev–Trinajstić information content (AvgIpc) is 3.41. The SMILES string of the molecule is NCCCCCCNC(=O)C(CCCCNC(=O)CCN1C(=O)CCC1=O)NC(=O)CCN1C(=O)CCC1=O. The normalized spacial score (nSPS) is 16.1. The van der Waals surface area contributed by atoms with E-state index in [-0.39, 0.29) is 87.1 Å². The van der Waals surface area contributed by atoms with E-state index in [1.165, 1.54) is 0 Å². The number of imide groups is 2. The molecule has 13 heteroatoms. The van der Waals surface area contributed by atoms with Gasteiger partial charge in [0.1, 0.15) is 6.04 Å². The van der Waals surface area contributed by atoms with Crippen LogP contribution in [0.25, 0.3) is 0 Å². The van der Waals surface area contributed by atoms with Gasteiger partial charge >= 0.3 is 0 Å². The fraction of sp³-hybridized carbons (Fsp3) is 0.731. The Labute approximate surface area is 228 Å². The summed E-state index contributed by atoms with van der Waals surface area (Å²) in [5, 5.41) is 8.31. The van der Waals surface area contributed by atoms with Crippen molar-refractivity contribution in [2.75, 3.05) is 32.7 Å². The number of rotatable bonds is 19. The van der Waals surface area contributed by atoms with Crippen LogP contribution in [0.2, 0.25) is 0 Å². The first-order chi connectivity index (χ1) is 18.7. The topological polar surface area (TPSA) is 188 Å². The molecule has 2 rings (SSSR count). The summed E-state index contributed by atoms with van der Waals surface area (Å²) < 4.78 is 0. The van der Waals surface area contributed by atoms with E-state index in [1.807, 2.05) is 0 Å². The van der Waals surface area contributed by atoms with Gasteiger partial charge in [0.05, 0.1) is 0 Å². The van der Waals surface area contributed by atoms with Crippen LogP contribution in [0, 0.1) is 0 Å². The van der Waals surface area contributed by atoms with E-state index in [0.717, 1.165) is 35.5 Å². The number of amides is 7. The summed E-state index contributed by atoms with van der Waals surface area (Å²) in [6, 6.07) is -0.783. The fourth-order valence-electron chi connectivity index (χ4n) is 4.45. The van der Waals surface area contributed by atoms with Crippen LogP contribution < -0.4 is 21.7 Å². The number of carbonyl (C=O) groups excluding carboxylic acids is 7. The van der Waals surface area contributed by atoms with Gasteiger partial charge < -0.3 is 21.7 Å². The van der Waals surface area contributed by atoms with Crippen LogP contribution in [-0.4, -0.2) is 89.9 Å².